The van der Waals surface area contributed by atoms with Gasteiger partial charge in [0.15, 0.2) is 5.69 Å². The summed E-state index contributed by atoms with van der Waals surface area (Å²) in [7, 11) is 0. The van der Waals surface area contributed by atoms with E-state index in [0.29, 0.717) is 0 Å². The van der Waals surface area contributed by atoms with E-state index in [1.165, 1.54) is 0 Å². The highest BCUT2D eigenvalue weighted by Crippen LogP contribution is 2.00. The molecule has 0 aliphatic heterocycles. The number of carboxylic acid groups (broad SMARTS) is 2. The Morgan fingerprint density at radius 3 is 2.59 bits per heavy atom. The zero-order valence-corrected chi connectivity index (χ0v) is 8.58. The number of hydrogen-bond donors (Lipinski definition) is 4. The smallest absolute Gasteiger partial charge is 0.326 e. The molecular formula is C8H10N4O5. The van der Waals surface area contributed by atoms with E-state index >= 15 is 0 Å². The van der Waals surface area contributed by atoms with Crippen LogP contribution in [-0.2, 0) is 9.59 Å². The third kappa shape index (κ3) is 3.89. The Morgan fingerprint density at radius 1 is 1.41 bits per heavy atom. The Balaban J connectivity index is 2.58. The molecule has 9 heteroatoms. The molecule has 1 atom stereocenters. The van der Waals surface area contributed by atoms with E-state index in [2.05, 4.69) is 20.7 Å². The van der Waals surface area contributed by atoms with Crippen molar-refractivity contribution in [3.05, 3.63) is 11.9 Å². The second-order valence-electron chi connectivity index (χ2n) is 3.15. The second-order valence-corrected chi connectivity index (χ2v) is 3.15. The summed E-state index contributed by atoms with van der Waals surface area (Å²) in [6.07, 6.45) is 0.579. The normalized spacial score (nSPS) is 11.8. The van der Waals surface area contributed by atoms with Crippen LogP contribution in [0.1, 0.15) is 23.3 Å². The van der Waals surface area contributed by atoms with Crippen molar-refractivity contribution in [3.63, 3.8) is 0 Å². The van der Waals surface area contributed by atoms with E-state index in [1.54, 1.807) is 0 Å². The Kier molecular flexibility index (Phi) is 4.14. The van der Waals surface area contributed by atoms with Gasteiger partial charge in [-0.3, -0.25) is 9.59 Å². The number of hydrogen-bond acceptors (Lipinski definition) is 5. The molecule has 92 valence electrons. The van der Waals surface area contributed by atoms with Crippen LogP contribution in [0.3, 0.4) is 0 Å². The van der Waals surface area contributed by atoms with Crippen molar-refractivity contribution >= 4 is 17.8 Å². The zero-order valence-electron chi connectivity index (χ0n) is 8.58. The number of carbonyl (C=O) groups is 3. The summed E-state index contributed by atoms with van der Waals surface area (Å²) in [5.41, 5.74) is -0.0634. The predicted molar refractivity (Wildman–Crippen MR) is 52.1 cm³/mol. The number of aromatic amines is 1. The number of carboxylic acids is 2. The summed E-state index contributed by atoms with van der Waals surface area (Å²) in [4.78, 5) is 32.5. The van der Waals surface area contributed by atoms with Gasteiger partial charge in [-0.05, 0) is 6.42 Å². The third-order valence-electron chi connectivity index (χ3n) is 1.90. The summed E-state index contributed by atoms with van der Waals surface area (Å²) in [6.45, 7) is 0. The van der Waals surface area contributed by atoms with Crippen LogP contribution >= 0.6 is 0 Å². The first kappa shape index (κ1) is 12.6. The first-order valence-corrected chi connectivity index (χ1v) is 4.62. The van der Waals surface area contributed by atoms with Gasteiger partial charge in [0.05, 0.1) is 6.20 Å². The molecule has 1 heterocycles. The van der Waals surface area contributed by atoms with Crippen molar-refractivity contribution in [1.82, 2.24) is 20.7 Å². The van der Waals surface area contributed by atoms with E-state index in [4.69, 9.17) is 10.2 Å². The Morgan fingerprint density at radius 2 is 2.12 bits per heavy atom. The van der Waals surface area contributed by atoms with Gasteiger partial charge in [-0.1, -0.05) is 0 Å². The van der Waals surface area contributed by atoms with Gasteiger partial charge in [0.25, 0.3) is 5.91 Å². The molecule has 0 aliphatic carbocycles. The van der Waals surface area contributed by atoms with Crippen molar-refractivity contribution in [2.24, 2.45) is 0 Å². The molecule has 1 amide bonds. The number of aliphatic carboxylic acids is 2. The van der Waals surface area contributed by atoms with E-state index in [-0.39, 0.29) is 18.5 Å². The standard InChI is InChI=1S/C8H10N4O5/c13-6(14)2-1-4(8(16)17)10-7(15)5-3-9-12-11-5/h3-4H,1-2H2,(H,10,15)(H,13,14)(H,16,17)(H,9,11,12). The number of nitrogens with one attached hydrogen (secondary N) is 2. The number of rotatable bonds is 6. The Labute approximate surface area is 94.8 Å². The van der Waals surface area contributed by atoms with Crippen molar-refractivity contribution in [1.29, 1.82) is 0 Å². The van der Waals surface area contributed by atoms with E-state index in [1.807, 2.05) is 0 Å². The fraction of sp³-hybridized carbons (Fsp3) is 0.375. The lowest BCUT2D eigenvalue weighted by molar-refractivity contribution is -0.140. The molecule has 1 aromatic rings. The Bertz CT molecular complexity index is 416. The predicted octanol–water partition coefficient (Wildman–Crippen LogP) is -1.15. The van der Waals surface area contributed by atoms with Crippen LogP contribution in [0.5, 0.6) is 0 Å². The van der Waals surface area contributed by atoms with Crippen LogP contribution in [0.2, 0.25) is 0 Å². The molecule has 0 saturated heterocycles. The van der Waals surface area contributed by atoms with E-state index < -0.39 is 23.9 Å². The highest BCUT2D eigenvalue weighted by Gasteiger charge is 2.22. The van der Waals surface area contributed by atoms with Crippen LogP contribution < -0.4 is 5.32 Å². The molecule has 0 aliphatic rings. The first-order valence-electron chi connectivity index (χ1n) is 4.62. The molecule has 17 heavy (non-hydrogen) atoms. The van der Waals surface area contributed by atoms with Gasteiger partial charge in [-0.25, -0.2) is 4.79 Å². The van der Waals surface area contributed by atoms with Gasteiger partial charge < -0.3 is 15.5 Å². The fourth-order valence-corrected chi connectivity index (χ4v) is 1.07. The topological polar surface area (TPSA) is 145 Å². The largest absolute Gasteiger partial charge is 0.481 e. The maximum absolute atomic E-state index is 11.4. The molecule has 1 aromatic heterocycles. The summed E-state index contributed by atoms with van der Waals surface area (Å²) < 4.78 is 0. The lowest BCUT2D eigenvalue weighted by atomic mass is 10.1. The van der Waals surface area contributed by atoms with Crippen molar-refractivity contribution in [3.8, 4) is 0 Å². The van der Waals surface area contributed by atoms with E-state index in [9.17, 15) is 14.4 Å². The highest BCUT2D eigenvalue weighted by atomic mass is 16.4. The maximum atomic E-state index is 11.4. The van der Waals surface area contributed by atoms with Crippen molar-refractivity contribution < 1.29 is 24.6 Å². The first-order chi connectivity index (χ1) is 8.00. The van der Waals surface area contributed by atoms with Gasteiger partial charge in [0.1, 0.15) is 6.04 Å². The summed E-state index contributed by atoms with van der Waals surface area (Å²) in [5, 5.41) is 28.4. The van der Waals surface area contributed by atoms with Crippen molar-refractivity contribution in [2.45, 2.75) is 18.9 Å². The SMILES string of the molecule is O=C(O)CCC(NC(=O)c1cn[nH]n1)C(=O)O. The summed E-state index contributed by atoms with van der Waals surface area (Å²) in [5.74, 6) is -3.16. The average Bonchev–Trinajstić information content (AvgIpc) is 2.76. The molecule has 1 unspecified atom stereocenters. The van der Waals surface area contributed by atoms with Gasteiger partial charge >= 0.3 is 11.9 Å². The molecule has 0 saturated carbocycles. The molecule has 4 N–H and O–H groups in total. The van der Waals surface area contributed by atoms with E-state index in [0.717, 1.165) is 6.20 Å². The Hall–Kier alpha value is -2.45. The highest BCUT2D eigenvalue weighted by molar-refractivity contribution is 5.94. The minimum atomic E-state index is -1.30. The number of aromatic nitrogens is 3. The molecule has 0 radical (unpaired) electrons. The minimum absolute atomic E-state index is 0.0634. The lowest BCUT2D eigenvalue weighted by Gasteiger charge is -2.11. The molecule has 0 bridgehead atoms. The van der Waals surface area contributed by atoms with Gasteiger partial charge in [-0.2, -0.15) is 15.4 Å². The minimum Gasteiger partial charge on any atom is -0.481 e. The molecule has 0 spiro atoms. The number of amides is 1. The molecule has 1 rings (SSSR count). The van der Waals surface area contributed by atoms with Crippen LogP contribution in [0.25, 0.3) is 0 Å². The molecule has 9 nitrogen and oxygen atoms in total. The fourth-order valence-electron chi connectivity index (χ4n) is 1.07. The molecule has 0 aromatic carbocycles. The van der Waals surface area contributed by atoms with Crippen LogP contribution in [0.4, 0.5) is 0 Å². The maximum Gasteiger partial charge on any atom is 0.326 e. The second kappa shape index (κ2) is 5.58. The quantitative estimate of drug-likeness (QED) is 0.492. The number of nitrogens with zero attached hydrogens (tertiary/aromatic N) is 2. The summed E-state index contributed by atoms with van der Waals surface area (Å²) >= 11 is 0. The van der Waals surface area contributed by atoms with Crippen LogP contribution in [0.15, 0.2) is 6.20 Å². The summed E-state index contributed by atoms with van der Waals surface area (Å²) in [6, 6.07) is -1.27. The van der Waals surface area contributed by atoms with Gasteiger partial charge in [0, 0.05) is 6.42 Å². The van der Waals surface area contributed by atoms with Gasteiger partial charge in [0.2, 0.25) is 0 Å². The zero-order chi connectivity index (χ0) is 12.8. The van der Waals surface area contributed by atoms with Gasteiger partial charge in [-0.15, -0.1) is 0 Å². The monoisotopic (exact) mass is 242 g/mol. The lowest BCUT2D eigenvalue weighted by Crippen LogP contribution is -2.41. The average molecular weight is 242 g/mol. The number of carbonyl (C=O) groups excluding carboxylic acids is 1. The number of H-pyrrole nitrogens is 1. The molecular weight excluding hydrogens is 232 g/mol. The van der Waals surface area contributed by atoms with Crippen molar-refractivity contribution in [2.75, 3.05) is 0 Å². The molecule has 0 fully saturated rings. The van der Waals surface area contributed by atoms with Crippen LogP contribution in [-0.4, -0.2) is 49.5 Å². The third-order valence-corrected chi connectivity index (χ3v) is 1.90. The van der Waals surface area contributed by atoms with Crippen LogP contribution in [0, 0.1) is 0 Å².